The molecule has 0 fully saturated rings. The summed E-state index contributed by atoms with van der Waals surface area (Å²) in [5.74, 6) is 1.60. The van der Waals surface area contributed by atoms with Crippen LogP contribution in [-0.4, -0.2) is 0 Å². The number of hydrogen-bond acceptors (Lipinski definition) is 1. The van der Waals surface area contributed by atoms with Gasteiger partial charge in [-0.25, -0.2) is 0 Å². The van der Waals surface area contributed by atoms with Crippen molar-refractivity contribution in [1.29, 1.82) is 0 Å². The topological polar surface area (TPSA) is 9.23 Å². The van der Waals surface area contributed by atoms with E-state index in [2.05, 4.69) is 39.5 Å². The second-order valence-electron chi connectivity index (χ2n) is 4.62. The molecular weight excluding hydrogens is 220 g/mol. The predicted octanol–water partition coefficient (Wildman–Crippen LogP) is 4.66. The summed E-state index contributed by atoms with van der Waals surface area (Å²) in [6.45, 7) is 10.2. The van der Waals surface area contributed by atoms with E-state index in [0.717, 1.165) is 22.4 Å². The maximum Gasteiger partial charge on any atom is 0.133 e. The maximum atomic E-state index is 5.92. The van der Waals surface area contributed by atoms with Crippen molar-refractivity contribution in [1.82, 2.24) is 0 Å². The van der Waals surface area contributed by atoms with Gasteiger partial charge in [0, 0.05) is 5.56 Å². The summed E-state index contributed by atoms with van der Waals surface area (Å²) in [7, 11) is 0. The minimum atomic E-state index is 0.686. The minimum Gasteiger partial charge on any atom is -0.457 e. The fourth-order valence-electron chi connectivity index (χ4n) is 2.13. The Labute approximate surface area is 109 Å². The Balaban J connectivity index is 2.28. The van der Waals surface area contributed by atoms with E-state index < -0.39 is 0 Å². The van der Waals surface area contributed by atoms with Crippen molar-refractivity contribution in [2.75, 3.05) is 0 Å². The third-order valence-electron chi connectivity index (χ3n) is 2.93. The van der Waals surface area contributed by atoms with Crippen LogP contribution in [0.15, 0.2) is 49.0 Å². The van der Waals surface area contributed by atoms with Crippen LogP contribution in [-0.2, 0) is 0 Å². The predicted molar refractivity (Wildman–Crippen MR) is 76.8 cm³/mol. The average Bonchev–Trinajstić information content (AvgIpc) is 2.34. The lowest BCUT2D eigenvalue weighted by molar-refractivity contribution is 0.508. The average molecular weight is 238 g/mol. The van der Waals surface area contributed by atoms with E-state index in [0.29, 0.717) is 5.76 Å². The fraction of sp³-hybridized carbons (Fsp3) is 0.176. The van der Waals surface area contributed by atoms with Crippen molar-refractivity contribution in [3.8, 4) is 5.75 Å². The van der Waals surface area contributed by atoms with Crippen molar-refractivity contribution in [2.45, 2.75) is 20.8 Å². The highest BCUT2D eigenvalue weighted by Crippen LogP contribution is 2.28. The van der Waals surface area contributed by atoms with Crippen LogP contribution in [0.25, 0.3) is 5.76 Å². The monoisotopic (exact) mass is 238 g/mol. The van der Waals surface area contributed by atoms with Crippen LogP contribution in [0.5, 0.6) is 5.75 Å². The number of benzene rings is 2. The lowest BCUT2D eigenvalue weighted by Gasteiger charge is -2.14. The summed E-state index contributed by atoms with van der Waals surface area (Å²) in [5.41, 5.74) is 4.55. The molecule has 0 N–H and O–H groups in total. The highest BCUT2D eigenvalue weighted by Gasteiger charge is 2.08. The Morgan fingerprint density at radius 3 is 2.06 bits per heavy atom. The first-order chi connectivity index (χ1) is 8.58. The first kappa shape index (κ1) is 12.4. The molecule has 0 radical (unpaired) electrons. The van der Waals surface area contributed by atoms with E-state index in [1.807, 2.05) is 30.3 Å². The number of hydrogen-bond donors (Lipinski definition) is 0. The first-order valence-corrected chi connectivity index (χ1v) is 6.08. The molecule has 0 aromatic heterocycles. The van der Waals surface area contributed by atoms with Crippen molar-refractivity contribution < 1.29 is 4.74 Å². The van der Waals surface area contributed by atoms with Crippen molar-refractivity contribution in [3.63, 3.8) is 0 Å². The molecule has 2 aromatic carbocycles. The van der Waals surface area contributed by atoms with Gasteiger partial charge in [0.2, 0.25) is 0 Å². The summed E-state index contributed by atoms with van der Waals surface area (Å²) in [4.78, 5) is 0. The van der Waals surface area contributed by atoms with Gasteiger partial charge in [-0.1, -0.05) is 54.6 Å². The third kappa shape index (κ3) is 2.62. The maximum absolute atomic E-state index is 5.92. The summed E-state index contributed by atoms with van der Waals surface area (Å²) in [6.07, 6.45) is 0. The highest BCUT2D eigenvalue weighted by molar-refractivity contribution is 5.61. The van der Waals surface area contributed by atoms with Crippen molar-refractivity contribution in [2.24, 2.45) is 0 Å². The van der Waals surface area contributed by atoms with E-state index in [-0.39, 0.29) is 0 Å². The molecule has 0 unspecified atom stereocenters. The van der Waals surface area contributed by atoms with Crippen LogP contribution in [0.1, 0.15) is 22.3 Å². The van der Waals surface area contributed by atoms with Gasteiger partial charge in [0.15, 0.2) is 0 Å². The Morgan fingerprint density at radius 1 is 0.944 bits per heavy atom. The van der Waals surface area contributed by atoms with Crippen LogP contribution in [0.3, 0.4) is 0 Å². The minimum absolute atomic E-state index is 0.686. The van der Waals surface area contributed by atoms with Crippen molar-refractivity contribution >= 4 is 5.76 Å². The Kier molecular flexibility index (Phi) is 3.52. The fourth-order valence-corrected chi connectivity index (χ4v) is 2.13. The lowest BCUT2D eigenvalue weighted by Crippen LogP contribution is -1.97. The molecule has 92 valence electrons. The van der Waals surface area contributed by atoms with E-state index in [4.69, 9.17) is 4.74 Å². The highest BCUT2D eigenvalue weighted by atomic mass is 16.5. The Hall–Kier alpha value is -2.02. The summed E-state index contributed by atoms with van der Waals surface area (Å²) in [6, 6.07) is 14.2. The Bertz CT molecular complexity index is 544. The molecule has 0 aliphatic carbocycles. The smallest absolute Gasteiger partial charge is 0.133 e. The molecule has 0 heterocycles. The molecule has 0 spiro atoms. The van der Waals surface area contributed by atoms with Gasteiger partial charge in [-0.15, -0.1) is 0 Å². The summed E-state index contributed by atoms with van der Waals surface area (Å²) in [5, 5.41) is 0. The summed E-state index contributed by atoms with van der Waals surface area (Å²) >= 11 is 0. The van der Waals surface area contributed by atoms with E-state index in [1.54, 1.807) is 0 Å². The molecule has 0 bridgehead atoms. The second kappa shape index (κ2) is 5.09. The quantitative estimate of drug-likeness (QED) is 0.706. The third-order valence-corrected chi connectivity index (χ3v) is 2.93. The van der Waals surface area contributed by atoms with Gasteiger partial charge in [-0.2, -0.15) is 0 Å². The van der Waals surface area contributed by atoms with Crippen LogP contribution < -0.4 is 4.74 Å². The number of rotatable bonds is 3. The molecular formula is C17H18O. The molecule has 0 aliphatic heterocycles. The zero-order valence-corrected chi connectivity index (χ0v) is 11.2. The van der Waals surface area contributed by atoms with Crippen molar-refractivity contribution in [3.05, 3.63) is 71.3 Å². The first-order valence-electron chi connectivity index (χ1n) is 6.08. The van der Waals surface area contributed by atoms with Crippen LogP contribution in [0.2, 0.25) is 0 Å². The standard InChI is InChI=1S/C17H18O/c1-12-10-13(2)17(14(3)11-12)18-15(4)16-8-6-5-7-9-16/h5-11H,4H2,1-3H3. The van der Waals surface area contributed by atoms with Gasteiger partial charge in [-0.05, 0) is 31.9 Å². The zero-order chi connectivity index (χ0) is 13.1. The van der Waals surface area contributed by atoms with Gasteiger partial charge in [0.1, 0.15) is 11.5 Å². The van der Waals surface area contributed by atoms with E-state index in [9.17, 15) is 0 Å². The molecule has 0 amide bonds. The zero-order valence-electron chi connectivity index (χ0n) is 11.2. The van der Waals surface area contributed by atoms with E-state index in [1.165, 1.54) is 5.56 Å². The molecule has 0 atom stereocenters. The molecule has 0 saturated heterocycles. The molecule has 2 aromatic rings. The van der Waals surface area contributed by atoms with Crippen LogP contribution >= 0.6 is 0 Å². The van der Waals surface area contributed by atoms with Gasteiger partial charge < -0.3 is 4.74 Å². The van der Waals surface area contributed by atoms with Gasteiger partial charge >= 0.3 is 0 Å². The van der Waals surface area contributed by atoms with Crippen LogP contribution in [0.4, 0.5) is 0 Å². The normalized spacial score (nSPS) is 10.2. The molecule has 2 rings (SSSR count). The number of aryl methyl sites for hydroxylation is 3. The van der Waals surface area contributed by atoms with Gasteiger partial charge in [0.05, 0.1) is 0 Å². The van der Waals surface area contributed by atoms with Gasteiger partial charge in [-0.3, -0.25) is 0 Å². The molecule has 18 heavy (non-hydrogen) atoms. The van der Waals surface area contributed by atoms with E-state index >= 15 is 0 Å². The molecule has 1 heteroatoms. The lowest BCUT2D eigenvalue weighted by atomic mass is 10.1. The SMILES string of the molecule is C=C(Oc1c(C)cc(C)cc1C)c1ccccc1. The largest absolute Gasteiger partial charge is 0.457 e. The van der Waals surface area contributed by atoms with Gasteiger partial charge in [0.25, 0.3) is 0 Å². The molecule has 1 nitrogen and oxygen atoms in total. The Morgan fingerprint density at radius 2 is 1.50 bits per heavy atom. The number of ether oxygens (including phenoxy) is 1. The molecule has 0 aliphatic rings. The second-order valence-corrected chi connectivity index (χ2v) is 4.62. The molecule has 0 saturated carbocycles. The summed E-state index contributed by atoms with van der Waals surface area (Å²) < 4.78 is 5.92. The van der Waals surface area contributed by atoms with Crippen LogP contribution in [0, 0.1) is 20.8 Å².